The van der Waals surface area contributed by atoms with Crippen molar-refractivity contribution in [3.05, 3.63) is 28.6 Å². The Morgan fingerprint density at radius 3 is 2.65 bits per heavy atom. The minimum atomic E-state index is 1.11. The molecule has 0 radical (unpaired) electrons. The molecule has 0 saturated heterocycles. The van der Waals surface area contributed by atoms with E-state index in [0.717, 1.165) is 11.3 Å². The third-order valence-corrected chi connectivity index (χ3v) is 3.88. The van der Waals surface area contributed by atoms with Crippen LogP contribution in [0.1, 0.15) is 48.2 Å². The van der Waals surface area contributed by atoms with E-state index in [-0.39, 0.29) is 0 Å². The van der Waals surface area contributed by atoms with Crippen molar-refractivity contribution in [3.63, 3.8) is 0 Å². The van der Waals surface area contributed by atoms with Gasteiger partial charge in [0, 0.05) is 16.8 Å². The number of aromatic nitrogens is 2. The van der Waals surface area contributed by atoms with Gasteiger partial charge in [0.25, 0.3) is 0 Å². The molecule has 2 aromatic heterocycles. The van der Waals surface area contributed by atoms with Gasteiger partial charge >= 0.3 is 0 Å². The average Bonchev–Trinajstić information content (AvgIpc) is 2.55. The molecule has 2 aromatic rings. The lowest BCUT2D eigenvalue weighted by molar-refractivity contribution is 0.614. The van der Waals surface area contributed by atoms with Crippen molar-refractivity contribution in [2.45, 2.75) is 52.4 Å². The molecule has 0 spiro atoms. The van der Waals surface area contributed by atoms with Gasteiger partial charge in [-0.05, 0) is 56.7 Å². The van der Waals surface area contributed by atoms with Crippen molar-refractivity contribution in [1.82, 2.24) is 9.97 Å². The van der Waals surface area contributed by atoms with E-state index < -0.39 is 0 Å². The van der Waals surface area contributed by atoms with Gasteiger partial charge in [0.1, 0.15) is 5.65 Å². The van der Waals surface area contributed by atoms with Crippen LogP contribution >= 0.6 is 0 Å². The first kappa shape index (κ1) is 10.8. The lowest BCUT2D eigenvalue weighted by Crippen LogP contribution is -1.98. The van der Waals surface area contributed by atoms with E-state index in [4.69, 9.17) is 0 Å². The van der Waals surface area contributed by atoms with E-state index in [0.29, 0.717) is 0 Å². The van der Waals surface area contributed by atoms with Crippen molar-refractivity contribution in [1.29, 1.82) is 0 Å². The minimum Gasteiger partial charge on any atom is -0.343 e. The Morgan fingerprint density at radius 2 is 1.82 bits per heavy atom. The molecule has 0 fully saturated rings. The van der Waals surface area contributed by atoms with Crippen molar-refractivity contribution in [2.75, 3.05) is 0 Å². The molecule has 2 heterocycles. The van der Waals surface area contributed by atoms with Crippen molar-refractivity contribution in [3.8, 4) is 0 Å². The van der Waals surface area contributed by atoms with Gasteiger partial charge in [0.15, 0.2) is 0 Å². The minimum absolute atomic E-state index is 1.11. The maximum absolute atomic E-state index is 4.65. The number of rotatable bonds is 0. The Bertz CT molecular complexity index is 552. The second kappa shape index (κ2) is 4.17. The molecule has 0 aliphatic heterocycles. The highest BCUT2D eigenvalue weighted by Crippen LogP contribution is 2.29. The summed E-state index contributed by atoms with van der Waals surface area (Å²) < 4.78 is 0. The Morgan fingerprint density at radius 1 is 1.06 bits per heavy atom. The van der Waals surface area contributed by atoms with Crippen LogP contribution in [0.4, 0.5) is 0 Å². The molecule has 90 valence electrons. The first-order chi connectivity index (χ1) is 8.25. The highest BCUT2D eigenvalue weighted by molar-refractivity contribution is 5.85. The average molecular weight is 228 g/mol. The molecular formula is C15H20N2. The number of hydrogen-bond acceptors (Lipinski definition) is 1. The van der Waals surface area contributed by atoms with Gasteiger partial charge in [0.2, 0.25) is 0 Å². The summed E-state index contributed by atoms with van der Waals surface area (Å²) in [5.41, 5.74) is 6.59. The number of H-pyrrole nitrogens is 1. The second-order valence-electron chi connectivity index (χ2n) is 5.30. The third-order valence-electron chi connectivity index (χ3n) is 3.88. The summed E-state index contributed by atoms with van der Waals surface area (Å²) in [5.74, 6) is 0. The zero-order valence-electron chi connectivity index (χ0n) is 10.8. The fourth-order valence-corrected chi connectivity index (χ4v) is 3.12. The third kappa shape index (κ3) is 1.86. The largest absolute Gasteiger partial charge is 0.343 e. The smallest absolute Gasteiger partial charge is 0.138 e. The molecule has 17 heavy (non-hydrogen) atoms. The molecular weight excluding hydrogens is 208 g/mol. The zero-order chi connectivity index (χ0) is 11.8. The van der Waals surface area contributed by atoms with Crippen LogP contribution in [0.3, 0.4) is 0 Å². The van der Waals surface area contributed by atoms with E-state index in [1.165, 1.54) is 55.2 Å². The van der Waals surface area contributed by atoms with Crippen LogP contribution in [-0.4, -0.2) is 9.97 Å². The molecule has 0 atom stereocenters. The Balaban J connectivity index is 2.22. The first-order valence-electron chi connectivity index (χ1n) is 6.73. The van der Waals surface area contributed by atoms with E-state index in [9.17, 15) is 0 Å². The van der Waals surface area contributed by atoms with Crippen LogP contribution in [0.2, 0.25) is 0 Å². The number of hydrogen-bond donors (Lipinski definition) is 1. The highest BCUT2D eigenvalue weighted by Gasteiger charge is 2.15. The Hall–Kier alpha value is -1.31. The molecule has 0 aromatic carbocycles. The van der Waals surface area contributed by atoms with Gasteiger partial charge in [-0.15, -0.1) is 0 Å². The van der Waals surface area contributed by atoms with Gasteiger partial charge in [-0.25, -0.2) is 4.98 Å². The van der Waals surface area contributed by atoms with Crippen molar-refractivity contribution in [2.24, 2.45) is 0 Å². The van der Waals surface area contributed by atoms with Crippen molar-refractivity contribution >= 4 is 11.0 Å². The Labute approximate surface area is 102 Å². The van der Waals surface area contributed by atoms with Gasteiger partial charge in [-0.2, -0.15) is 0 Å². The summed E-state index contributed by atoms with van der Waals surface area (Å²) in [6, 6.07) is 2.20. The monoisotopic (exact) mass is 228 g/mol. The van der Waals surface area contributed by atoms with E-state index in [1.54, 1.807) is 5.56 Å². The molecule has 0 saturated carbocycles. The highest BCUT2D eigenvalue weighted by atomic mass is 14.9. The van der Waals surface area contributed by atoms with Gasteiger partial charge in [-0.3, -0.25) is 0 Å². The Kier molecular flexibility index (Phi) is 2.65. The van der Waals surface area contributed by atoms with Gasteiger partial charge in [-0.1, -0.05) is 12.8 Å². The molecule has 1 aliphatic carbocycles. The zero-order valence-corrected chi connectivity index (χ0v) is 10.8. The fraction of sp³-hybridized carbons (Fsp3) is 0.533. The predicted molar refractivity (Wildman–Crippen MR) is 71.4 cm³/mol. The topological polar surface area (TPSA) is 28.7 Å². The number of nitrogens with one attached hydrogen (secondary N) is 1. The molecule has 0 bridgehead atoms. The summed E-state index contributed by atoms with van der Waals surface area (Å²) in [5, 5.41) is 1.40. The molecule has 3 rings (SSSR count). The number of aromatic amines is 1. The maximum Gasteiger partial charge on any atom is 0.138 e. The summed E-state index contributed by atoms with van der Waals surface area (Å²) in [7, 11) is 0. The lowest BCUT2D eigenvalue weighted by atomic mass is 9.96. The molecule has 0 unspecified atom stereocenters. The maximum atomic E-state index is 4.65. The first-order valence-corrected chi connectivity index (χ1v) is 6.73. The fourth-order valence-electron chi connectivity index (χ4n) is 3.12. The predicted octanol–water partition coefficient (Wildman–Crippen LogP) is 3.84. The van der Waals surface area contributed by atoms with Gasteiger partial charge < -0.3 is 4.98 Å². The van der Waals surface area contributed by atoms with Crippen molar-refractivity contribution < 1.29 is 0 Å². The van der Waals surface area contributed by atoms with Crippen LogP contribution in [-0.2, 0) is 12.8 Å². The lowest BCUT2D eigenvalue weighted by Gasteiger charge is -2.10. The summed E-state index contributed by atoms with van der Waals surface area (Å²) in [6.45, 7) is 4.29. The number of aryl methyl sites for hydroxylation is 4. The second-order valence-corrected chi connectivity index (χ2v) is 5.30. The van der Waals surface area contributed by atoms with Crippen LogP contribution in [0.25, 0.3) is 11.0 Å². The standard InChI is InChI=1S/C15H20N2/c1-10-9-11(2)16-15-14(10)12-7-5-3-4-6-8-13(12)17-15/h9H,3-8H2,1-2H3,(H,16,17). The normalized spacial score (nSPS) is 16.6. The molecule has 2 nitrogen and oxygen atoms in total. The summed E-state index contributed by atoms with van der Waals surface area (Å²) in [6.07, 6.45) is 7.82. The molecule has 0 amide bonds. The number of fused-ring (bicyclic) bond motifs is 3. The molecule has 1 N–H and O–H groups in total. The number of nitrogens with zero attached hydrogens (tertiary/aromatic N) is 1. The van der Waals surface area contributed by atoms with Crippen LogP contribution in [0.5, 0.6) is 0 Å². The van der Waals surface area contributed by atoms with E-state index in [1.807, 2.05) is 0 Å². The SMILES string of the molecule is Cc1cc(C)c2c3c([nH]c2n1)CCCCCC3. The van der Waals surface area contributed by atoms with E-state index in [2.05, 4.69) is 29.9 Å². The van der Waals surface area contributed by atoms with Crippen LogP contribution < -0.4 is 0 Å². The molecule has 1 aliphatic rings. The van der Waals surface area contributed by atoms with Crippen LogP contribution in [0, 0.1) is 13.8 Å². The van der Waals surface area contributed by atoms with Gasteiger partial charge in [0.05, 0.1) is 0 Å². The summed E-state index contributed by atoms with van der Waals surface area (Å²) >= 11 is 0. The van der Waals surface area contributed by atoms with E-state index >= 15 is 0 Å². The number of pyridine rings is 1. The van der Waals surface area contributed by atoms with Crippen LogP contribution in [0.15, 0.2) is 6.07 Å². The molecule has 2 heteroatoms. The summed E-state index contributed by atoms with van der Waals surface area (Å²) in [4.78, 5) is 8.20. The quantitative estimate of drug-likeness (QED) is 0.729.